The van der Waals surface area contributed by atoms with Crippen LogP contribution in [0, 0.1) is 5.82 Å². The van der Waals surface area contributed by atoms with Crippen LogP contribution < -0.4 is 4.74 Å². The first kappa shape index (κ1) is 8.51. The Morgan fingerprint density at radius 3 is 2.77 bits per heavy atom. The van der Waals surface area contributed by atoms with Crippen molar-refractivity contribution in [2.45, 2.75) is 18.4 Å². The van der Waals surface area contributed by atoms with Crippen molar-refractivity contribution in [2.75, 3.05) is 7.11 Å². The Hall–Kier alpha value is -1.09. The van der Waals surface area contributed by atoms with Crippen molar-refractivity contribution < 1.29 is 14.2 Å². The van der Waals surface area contributed by atoms with E-state index in [0.717, 1.165) is 0 Å². The van der Waals surface area contributed by atoms with E-state index < -0.39 is 6.10 Å². The standard InChI is InChI=1S/C10H11FO2/c1-13-9-4-2-3-7(11)10(9)6-5-8(6)12/h2-4,6,8,12H,5H2,1H3/t6-,8-/m0/s1. The van der Waals surface area contributed by atoms with Gasteiger partial charge in [0, 0.05) is 11.5 Å². The summed E-state index contributed by atoms with van der Waals surface area (Å²) in [5.74, 6) is 0.165. The summed E-state index contributed by atoms with van der Waals surface area (Å²) in [5, 5.41) is 9.20. The Kier molecular flexibility index (Phi) is 1.96. The summed E-state index contributed by atoms with van der Waals surface area (Å²) < 4.78 is 18.3. The van der Waals surface area contributed by atoms with Gasteiger partial charge in [0.05, 0.1) is 13.2 Å². The van der Waals surface area contributed by atoms with Crippen LogP contribution in [0.2, 0.25) is 0 Å². The first-order valence-electron chi connectivity index (χ1n) is 4.24. The van der Waals surface area contributed by atoms with Crippen molar-refractivity contribution >= 4 is 0 Å². The number of aliphatic hydroxyl groups is 1. The summed E-state index contributed by atoms with van der Waals surface area (Å²) >= 11 is 0. The minimum atomic E-state index is -0.397. The summed E-state index contributed by atoms with van der Waals surface area (Å²) in [7, 11) is 1.51. The highest BCUT2D eigenvalue weighted by Crippen LogP contribution is 2.45. The first-order valence-corrected chi connectivity index (χ1v) is 4.24. The van der Waals surface area contributed by atoms with E-state index in [2.05, 4.69) is 0 Å². The van der Waals surface area contributed by atoms with Gasteiger partial charge in [0.25, 0.3) is 0 Å². The Balaban J connectivity index is 2.41. The van der Waals surface area contributed by atoms with Crippen molar-refractivity contribution in [3.05, 3.63) is 29.6 Å². The maximum absolute atomic E-state index is 13.3. The average molecular weight is 182 g/mol. The molecule has 0 bridgehead atoms. The number of methoxy groups -OCH3 is 1. The van der Waals surface area contributed by atoms with Gasteiger partial charge in [-0.1, -0.05) is 6.07 Å². The number of benzene rings is 1. The highest BCUT2D eigenvalue weighted by molar-refractivity contribution is 5.41. The lowest BCUT2D eigenvalue weighted by molar-refractivity contribution is 0.269. The average Bonchev–Trinajstić information content (AvgIpc) is 2.82. The number of ether oxygens (including phenoxy) is 1. The third-order valence-electron chi connectivity index (χ3n) is 2.36. The van der Waals surface area contributed by atoms with E-state index in [0.29, 0.717) is 17.7 Å². The molecular formula is C10H11FO2. The lowest BCUT2D eigenvalue weighted by Crippen LogP contribution is -1.96. The van der Waals surface area contributed by atoms with Crippen molar-refractivity contribution in [1.82, 2.24) is 0 Å². The minimum Gasteiger partial charge on any atom is -0.496 e. The van der Waals surface area contributed by atoms with Crippen LogP contribution in [0.4, 0.5) is 4.39 Å². The first-order chi connectivity index (χ1) is 6.24. The van der Waals surface area contributed by atoms with Gasteiger partial charge < -0.3 is 9.84 Å². The minimum absolute atomic E-state index is 0.0730. The number of aliphatic hydroxyl groups excluding tert-OH is 1. The molecule has 3 heteroatoms. The summed E-state index contributed by atoms with van der Waals surface area (Å²) in [6.45, 7) is 0. The second kappa shape index (κ2) is 3.00. The SMILES string of the molecule is COc1cccc(F)c1[C@H]1C[C@@H]1O. The number of hydrogen-bond acceptors (Lipinski definition) is 2. The van der Waals surface area contributed by atoms with Crippen LogP contribution in [0.25, 0.3) is 0 Å². The van der Waals surface area contributed by atoms with Crippen LogP contribution in [0.5, 0.6) is 5.75 Å². The molecule has 1 aliphatic rings. The zero-order chi connectivity index (χ0) is 9.42. The summed E-state index contributed by atoms with van der Waals surface area (Å²) in [5.41, 5.74) is 0.512. The predicted molar refractivity (Wildman–Crippen MR) is 46.3 cm³/mol. The fraction of sp³-hybridized carbons (Fsp3) is 0.400. The fourth-order valence-corrected chi connectivity index (χ4v) is 1.55. The Bertz CT molecular complexity index is 325. The smallest absolute Gasteiger partial charge is 0.130 e. The van der Waals surface area contributed by atoms with Crippen molar-refractivity contribution in [3.8, 4) is 5.75 Å². The molecular weight excluding hydrogens is 171 g/mol. The molecule has 2 rings (SSSR count). The third-order valence-corrected chi connectivity index (χ3v) is 2.36. The normalized spacial score (nSPS) is 25.8. The van der Waals surface area contributed by atoms with E-state index in [1.54, 1.807) is 12.1 Å². The zero-order valence-electron chi connectivity index (χ0n) is 7.33. The van der Waals surface area contributed by atoms with E-state index in [1.165, 1.54) is 13.2 Å². The summed E-state index contributed by atoms with van der Waals surface area (Å²) in [4.78, 5) is 0. The van der Waals surface area contributed by atoms with Crippen molar-refractivity contribution in [3.63, 3.8) is 0 Å². The van der Waals surface area contributed by atoms with Gasteiger partial charge in [-0.2, -0.15) is 0 Å². The molecule has 0 aliphatic heterocycles. The molecule has 0 amide bonds. The maximum Gasteiger partial charge on any atom is 0.130 e. The molecule has 1 aromatic rings. The van der Waals surface area contributed by atoms with E-state index in [1.807, 2.05) is 0 Å². The van der Waals surface area contributed by atoms with Gasteiger partial charge in [0.15, 0.2) is 0 Å². The van der Waals surface area contributed by atoms with Crippen molar-refractivity contribution in [1.29, 1.82) is 0 Å². The monoisotopic (exact) mass is 182 g/mol. The molecule has 0 radical (unpaired) electrons. The van der Waals surface area contributed by atoms with Crippen LogP contribution in [0.1, 0.15) is 17.9 Å². The molecule has 0 saturated heterocycles. The van der Waals surface area contributed by atoms with E-state index in [4.69, 9.17) is 4.74 Å². The largest absolute Gasteiger partial charge is 0.496 e. The van der Waals surface area contributed by atoms with Crippen LogP contribution >= 0.6 is 0 Å². The second-order valence-electron chi connectivity index (χ2n) is 3.27. The van der Waals surface area contributed by atoms with Crippen LogP contribution in [0.15, 0.2) is 18.2 Å². The summed E-state index contributed by atoms with van der Waals surface area (Å²) in [6.07, 6.45) is 0.239. The van der Waals surface area contributed by atoms with Gasteiger partial charge in [-0.3, -0.25) is 0 Å². The Morgan fingerprint density at radius 2 is 2.23 bits per heavy atom. The molecule has 0 unspecified atom stereocenters. The van der Waals surface area contributed by atoms with Gasteiger partial charge in [-0.15, -0.1) is 0 Å². The molecule has 2 nitrogen and oxygen atoms in total. The van der Waals surface area contributed by atoms with E-state index in [9.17, 15) is 9.50 Å². The molecule has 0 aromatic heterocycles. The molecule has 1 saturated carbocycles. The van der Waals surface area contributed by atoms with Crippen LogP contribution in [0.3, 0.4) is 0 Å². The van der Waals surface area contributed by atoms with Crippen LogP contribution in [-0.4, -0.2) is 18.3 Å². The molecule has 70 valence electrons. The van der Waals surface area contributed by atoms with Gasteiger partial charge in [-0.25, -0.2) is 4.39 Å². The lowest BCUT2D eigenvalue weighted by Gasteiger charge is -2.07. The molecule has 13 heavy (non-hydrogen) atoms. The molecule has 1 N–H and O–H groups in total. The lowest BCUT2D eigenvalue weighted by atomic mass is 10.1. The van der Waals surface area contributed by atoms with Crippen LogP contribution in [-0.2, 0) is 0 Å². The molecule has 1 aliphatic carbocycles. The molecule has 0 heterocycles. The molecule has 2 atom stereocenters. The van der Waals surface area contributed by atoms with Gasteiger partial charge in [-0.05, 0) is 18.6 Å². The Labute approximate surface area is 76.0 Å². The highest BCUT2D eigenvalue weighted by Gasteiger charge is 2.40. The summed E-state index contributed by atoms with van der Waals surface area (Å²) in [6, 6.07) is 4.71. The van der Waals surface area contributed by atoms with Crippen molar-refractivity contribution in [2.24, 2.45) is 0 Å². The van der Waals surface area contributed by atoms with E-state index in [-0.39, 0.29) is 11.7 Å². The van der Waals surface area contributed by atoms with Gasteiger partial charge >= 0.3 is 0 Å². The highest BCUT2D eigenvalue weighted by atomic mass is 19.1. The number of rotatable bonds is 2. The second-order valence-corrected chi connectivity index (χ2v) is 3.27. The molecule has 1 fully saturated rings. The zero-order valence-corrected chi connectivity index (χ0v) is 7.33. The third kappa shape index (κ3) is 1.40. The predicted octanol–water partition coefficient (Wildman–Crippen LogP) is 1.68. The maximum atomic E-state index is 13.3. The number of halogens is 1. The molecule has 1 aromatic carbocycles. The topological polar surface area (TPSA) is 29.5 Å². The fourth-order valence-electron chi connectivity index (χ4n) is 1.55. The number of hydrogen-bond donors (Lipinski definition) is 1. The quantitative estimate of drug-likeness (QED) is 0.754. The Morgan fingerprint density at radius 1 is 1.54 bits per heavy atom. The van der Waals surface area contributed by atoms with Gasteiger partial charge in [0.2, 0.25) is 0 Å². The van der Waals surface area contributed by atoms with Gasteiger partial charge in [0.1, 0.15) is 11.6 Å². The molecule has 0 spiro atoms. The van der Waals surface area contributed by atoms with E-state index >= 15 is 0 Å².